The van der Waals surface area contributed by atoms with E-state index in [0.717, 1.165) is 59.1 Å². The Labute approximate surface area is 150 Å². The van der Waals surface area contributed by atoms with E-state index >= 15 is 0 Å². The second kappa shape index (κ2) is 7.09. The summed E-state index contributed by atoms with van der Waals surface area (Å²) in [5.74, 6) is -0.0697. The van der Waals surface area contributed by atoms with Crippen molar-refractivity contribution >= 4 is 39.4 Å². The van der Waals surface area contributed by atoms with Gasteiger partial charge in [-0.2, -0.15) is 0 Å². The number of fused-ring (bicyclic) bond motifs is 1. The lowest BCUT2D eigenvalue weighted by Gasteiger charge is -2.24. The zero-order valence-electron chi connectivity index (χ0n) is 13.8. The Morgan fingerprint density at radius 3 is 3.04 bits per heavy atom. The van der Waals surface area contributed by atoms with Crippen LogP contribution >= 0.6 is 11.8 Å². The first kappa shape index (κ1) is 16.5. The van der Waals surface area contributed by atoms with Gasteiger partial charge in [-0.25, -0.2) is 0 Å². The molecule has 0 radical (unpaired) electrons. The summed E-state index contributed by atoms with van der Waals surface area (Å²) in [5.41, 5.74) is 3.14. The van der Waals surface area contributed by atoms with Crippen molar-refractivity contribution in [2.75, 3.05) is 24.3 Å². The third kappa shape index (κ3) is 3.67. The summed E-state index contributed by atoms with van der Waals surface area (Å²) in [7, 11) is 0. The van der Waals surface area contributed by atoms with Gasteiger partial charge in [-0.15, -0.1) is 11.8 Å². The predicted octanol–water partition coefficient (Wildman–Crippen LogP) is 3.10. The highest BCUT2D eigenvalue weighted by molar-refractivity contribution is 8.14. The SMILES string of the molecule is O=C(O)C[C@@H]1CSC(c2cc3cccc(NC4CCOCC4)c3[nH]2)=N1. The first-order valence-electron chi connectivity index (χ1n) is 8.58. The number of ether oxygens (including phenoxy) is 1. The molecule has 1 fully saturated rings. The molecule has 0 saturated carbocycles. The van der Waals surface area contributed by atoms with E-state index in [1.54, 1.807) is 11.8 Å². The highest BCUT2D eigenvalue weighted by atomic mass is 32.2. The molecule has 3 N–H and O–H groups in total. The van der Waals surface area contributed by atoms with Gasteiger partial charge in [0.2, 0.25) is 0 Å². The van der Waals surface area contributed by atoms with Crippen LogP contribution in [0, 0.1) is 0 Å². The Morgan fingerprint density at radius 2 is 2.24 bits per heavy atom. The summed E-state index contributed by atoms with van der Waals surface area (Å²) >= 11 is 1.62. The lowest BCUT2D eigenvalue weighted by atomic mass is 10.1. The van der Waals surface area contributed by atoms with Crippen molar-refractivity contribution in [2.45, 2.75) is 31.3 Å². The number of benzene rings is 1. The Hall–Kier alpha value is -1.99. The van der Waals surface area contributed by atoms with Crippen LogP contribution in [-0.2, 0) is 9.53 Å². The van der Waals surface area contributed by atoms with E-state index < -0.39 is 5.97 Å². The first-order valence-corrected chi connectivity index (χ1v) is 9.56. The predicted molar refractivity (Wildman–Crippen MR) is 101 cm³/mol. The Balaban J connectivity index is 1.58. The lowest BCUT2D eigenvalue weighted by molar-refractivity contribution is -0.137. The standard InChI is InChI=1S/C18H21N3O3S/c22-16(23)9-13-10-25-18(20-13)15-8-11-2-1-3-14(17(11)21-15)19-12-4-6-24-7-5-12/h1-3,8,12-13,19,21H,4-7,9-10H2,(H,22,23)/t13-/m1/s1. The molecule has 1 atom stereocenters. The highest BCUT2D eigenvalue weighted by Crippen LogP contribution is 2.30. The number of para-hydroxylation sites is 1. The minimum absolute atomic E-state index is 0.0906. The van der Waals surface area contributed by atoms with E-state index in [1.165, 1.54) is 0 Å². The van der Waals surface area contributed by atoms with Crippen molar-refractivity contribution in [1.29, 1.82) is 0 Å². The number of rotatable bonds is 5. The number of carboxylic acids is 1. The third-order valence-electron chi connectivity index (χ3n) is 4.59. The number of carbonyl (C=O) groups is 1. The minimum Gasteiger partial charge on any atom is -0.481 e. The van der Waals surface area contributed by atoms with E-state index in [2.05, 4.69) is 39.6 Å². The molecule has 0 spiro atoms. The molecule has 1 aromatic heterocycles. The van der Waals surface area contributed by atoms with Gasteiger partial charge >= 0.3 is 5.97 Å². The molecule has 3 heterocycles. The van der Waals surface area contributed by atoms with Gasteiger partial charge in [0.15, 0.2) is 0 Å². The van der Waals surface area contributed by atoms with Gasteiger partial charge in [-0.3, -0.25) is 9.79 Å². The number of nitrogens with zero attached hydrogens (tertiary/aromatic N) is 1. The van der Waals surface area contributed by atoms with E-state index in [0.29, 0.717) is 6.04 Å². The van der Waals surface area contributed by atoms with E-state index in [4.69, 9.17) is 9.84 Å². The molecule has 0 unspecified atom stereocenters. The van der Waals surface area contributed by atoms with Crippen LogP contribution in [0.1, 0.15) is 25.0 Å². The van der Waals surface area contributed by atoms with Crippen molar-refractivity contribution in [2.24, 2.45) is 4.99 Å². The Kier molecular flexibility index (Phi) is 4.67. The molecule has 132 valence electrons. The second-order valence-corrected chi connectivity index (χ2v) is 7.49. The average molecular weight is 359 g/mol. The molecule has 7 heteroatoms. The number of aromatic nitrogens is 1. The summed E-state index contributed by atoms with van der Waals surface area (Å²) in [6.07, 6.45) is 2.13. The van der Waals surface area contributed by atoms with Crippen LogP contribution in [0.3, 0.4) is 0 Å². The van der Waals surface area contributed by atoms with Crippen LogP contribution < -0.4 is 5.32 Å². The van der Waals surface area contributed by atoms with Crippen LogP contribution in [0.5, 0.6) is 0 Å². The Morgan fingerprint density at radius 1 is 1.40 bits per heavy atom. The van der Waals surface area contributed by atoms with E-state index in [-0.39, 0.29) is 12.5 Å². The maximum absolute atomic E-state index is 10.9. The molecule has 2 aromatic rings. The number of carboxylic acid groups (broad SMARTS) is 1. The van der Waals surface area contributed by atoms with Gasteiger partial charge in [-0.1, -0.05) is 12.1 Å². The summed E-state index contributed by atoms with van der Waals surface area (Å²) in [4.78, 5) is 18.9. The van der Waals surface area contributed by atoms with Crippen LogP contribution in [0.2, 0.25) is 0 Å². The van der Waals surface area contributed by atoms with Gasteiger partial charge < -0.3 is 20.1 Å². The number of thioether (sulfide) groups is 1. The van der Waals surface area contributed by atoms with Crippen molar-refractivity contribution in [3.63, 3.8) is 0 Å². The van der Waals surface area contributed by atoms with E-state index in [1.807, 2.05) is 0 Å². The average Bonchev–Trinajstić information content (AvgIpc) is 3.22. The van der Waals surface area contributed by atoms with E-state index in [9.17, 15) is 4.79 Å². The number of H-pyrrole nitrogens is 1. The van der Waals surface area contributed by atoms with Gasteiger partial charge in [0.05, 0.1) is 29.4 Å². The van der Waals surface area contributed by atoms with Gasteiger partial charge in [0.1, 0.15) is 5.04 Å². The molecule has 0 bridgehead atoms. The molecule has 2 aliphatic heterocycles. The van der Waals surface area contributed by atoms with Gasteiger partial charge in [0.25, 0.3) is 0 Å². The monoisotopic (exact) mass is 359 g/mol. The number of nitrogens with one attached hydrogen (secondary N) is 2. The fraction of sp³-hybridized carbons (Fsp3) is 0.444. The molecule has 0 aliphatic carbocycles. The van der Waals surface area contributed by atoms with Crippen LogP contribution in [-0.4, -0.2) is 52.2 Å². The van der Waals surface area contributed by atoms with Crippen molar-refractivity contribution in [3.8, 4) is 0 Å². The fourth-order valence-corrected chi connectivity index (χ4v) is 4.35. The molecular formula is C18H21N3O3S. The van der Waals surface area contributed by atoms with Crippen molar-refractivity contribution in [1.82, 2.24) is 4.98 Å². The first-order chi connectivity index (χ1) is 12.2. The number of hydrogen-bond donors (Lipinski definition) is 3. The second-order valence-electron chi connectivity index (χ2n) is 6.48. The zero-order chi connectivity index (χ0) is 17.2. The summed E-state index contributed by atoms with van der Waals surface area (Å²) < 4.78 is 5.43. The maximum Gasteiger partial charge on any atom is 0.305 e. The number of aliphatic carboxylic acids is 1. The maximum atomic E-state index is 10.9. The van der Waals surface area contributed by atoms with Gasteiger partial charge in [0, 0.05) is 30.4 Å². The van der Waals surface area contributed by atoms with Crippen molar-refractivity contribution in [3.05, 3.63) is 30.0 Å². The van der Waals surface area contributed by atoms with Crippen LogP contribution in [0.15, 0.2) is 29.3 Å². The topological polar surface area (TPSA) is 86.7 Å². The number of hydrogen-bond acceptors (Lipinski definition) is 5. The largest absolute Gasteiger partial charge is 0.481 e. The highest BCUT2D eigenvalue weighted by Gasteiger charge is 2.23. The number of aliphatic imine (C=N–C) groups is 1. The smallest absolute Gasteiger partial charge is 0.305 e. The zero-order valence-corrected chi connectivity index (χ0v) is 14.6. The summed E-state index contributed by atoms with van der Waals surface area (Å²) in [6.45, 7) is 1.62. The van der Waals surface area contributed by atoms with Crippen LogP contribution in [0.25, 0.3) is 10.9 Å². The number of anilines is 1. The molecule has 4 rings (SSSR count). The third-order valence-corrected chi connectivity index (χ3v) is 5.74. The molecule has 2 aliphatic rings. The quantitative estimate of drug-likeness (QED) is 0.764. The van der Waals surface area contributed by atoms with Gasteiger partial charge in [-0.05, 0) is 25.0 Å². The summed E-state index contributed by atoms with van der Waals surface area (Å²) in [5, 5.41) is 14.6. The van der Waals surface area contributed by atoms with Crippen molar-refractivity contribution < 1.29 is 14.6 Å². The molecular weight excluding hydrogens is 338 g/mol. The number of aromatic amines is 1. The fourth-order valence-electron chi connectivity index (χ4n) is 3.32. The van der Waals surface area contributed by atoms with Crippen LogP contribution in [0.4, 0.5) is 5.69 Å². The molecule has 25 heavy (non-hydrogen) atoms. The summed E-state index contributed by atoms with van der Waals surface area (Å²) in [6, 6.07) is 8.62. The molecule has 1 saturated heterocycles. The molecule has 6 nitrogen and oxygen atoms in total. The molecule has 1 aromatic carbocycles. The normalized spacial score (nSPS) is 21.4. The lowest BCUT2D eigenvalue weighted by Crippen LogP contribution is -2.27. The minimum atomic E-state index is -0.796. The Bertz CT molecular complexity index is 811. The molecule has 0 amide bonds.